The van der Waals surface area contributed by atoms with E-state index >= 15 is 0 Å². The van der Waals surface area contributed by atoms with Gasteiger partial charge in [0.1, 0.15) is 5.82 Å². The number of nitrogens with zero attached hydrogens (tertiary/aromatic N) is 2. The minimum atomic E-state index is -0.404. The van der Waals surface area contributed by atoms with Crippen molar-refractivity contribution in [2.75, 3.05) is 44.9 Å². The van der Waals surface area contributed by atoms with Gasteiger partial charge < -0.3 is 19.7 Å². The summed E-state index contributed by atoms with van der Waals surface area (Å²) >= 11 is 0. The highest BCUT2D eigenvalue weighted by molar-refractivity contribution is 5.98. The summed E-state index contributed by atoms with van der Waals surface area (Å²) in [5, 5.41) is 2.83. The van der Waals surface area contributed by atoms with Crippen molar-refractivity contribution in [3.8, 4) is 0 Å². The highest BCUT2D eigenvalue weighted by atomic mass is 16.5. The van der Waals surface area contributed by atoms with Crippen LogP contribution in [0.1, 0.15) is 16.8 Å². The Morgan fingerprint density at radius 2 is 2.22 bits per heavy atom. The van der Waals surface area contributed by atoms with E-state index in [2.05, 4.69) is 19.9 Å². The van der Waals surface area contributed by atoms with Crippen LogP contribution in [0.15, 0.2) is 30.5 Å². The fourth-order valence-electron chi connectivity index (χ4n) is 2.21. The number of methoxy groups -OCH3 is 1. The first-order valence-corrected chi connectivity index (χ1v) is 7.52. The third kappa shape index (κ3) is 5.07. The van der Waals surface area contributed by atoms with Crippen molar-refractivity contribution in [2.24, 2.45) is 0 Å². The molecule has 7 nitrogen and oxygen atoms in total. The van der Waals surface area contributed by atoms with Gasteiger partial charge in [0.2, 0.25) is 0 Å². The molecule has 7 heteroatoms. The van der Waals surface area contributed by atoms with E-state index in [1.165, 1.54) is 13.2 Å². The Morgan fingerprint density at radius 1 is 1.43 bits per heavy atom. The van der Waals surface area contributed by atoms with Gasteiger partial charge in [-0.3, -0.25) is 4.79 Å². The highest BCUT2D eigenvalue weighted by Gasteiger charge is 2.19. The average Bonchev–Trinajstić information content (AvgIpc) is 2.61. The molecule has 1 aliphatic heterocycles. The van der Waals surface area contributed by atoms with Crippen LogP contribution in [0.3, 0.4) is 0 Å². The number of morpholine rings is 1. The number of aromatic nitrogens is 1. The van der Waals surface area contributed by atoms with Crippen molar-refractivity contribution in [1.29, 1.82) is 0 Å². The number of esters is 1. The second-order valence-corrected chi connectivity index (χ2v) is 4.94. The summed E-state index contributed by atoms with van der Waals surface area (Å²) in [4.78, 5) is 29.7. The largest absolute Gasteiger partial charge is 0.466 e. The van der Waals surface area contributed by atoms with Gasteiger partial charge in [0.15, 0.2) is 0 Å². The van der Waals surface area contributed by atoms with Crippen LogP contribution in [-0.2, 0) is 14.3 Å². The normalized spacial score (nSPS) is 14.7. The first-order valence-electron chi connectivity index (χ1n) is 7.52. The van der Waals surface area contributed by atoms with Crippen LogP contribution in [0, 0.1) is 0 Å². The highest BCUT2D eigenvalue weighted by Crippen LogP contribution is 2.18. The predicted molar refractivity (Wildman–Crippen MR) is 85.4 cm³/mol. The standard InChI is InChI=1S/C16H21N3O4/c1-22-14(20)6-2-3-7-18-16(21)13-5-4-8-17-15(13)19-9-11-23-12-10-19/h2,4-6,8H,3,7,9-12H2,1H3,(H,18,21)/b6-2+. The number of carbonyl (C=O) groups excluding carboxylic acids is 2. The summed E-state index contributed by atoms with van der Waals surface area (Å²) in [5.74, 6) is 0.0997. The van der Waals surface area contributed by atoms with Crippen molar-refractivity contribution in [3.05, 3.63) is 36.0 Å². The molecule has 0 radical (unpaired) electrons. The fraction of sp³-hybridized carbons (Fsp3) is 0.438. The topological polar surface area (TPSA) is 80.8 Å². The Bertz CT molecular complexity index is 568. The molecule has 2 rings (SSSR count). The Hall–Kier alpha value is -2.41. The molecule has 0 spiro atoms. The number of hydrogen-bond donors (Lipinski definition) is 1. The quantitative estimate of drug-likeness (QED) is 0.474. The number of anilines is 1. The van der Waals surface area contributed by atoms with E-state index in [1.807, 2.05) is 0 Å². The lowest BCUT2D eigenvalue weighted by atomic mass is 10.2. The maximum Gasteiger partial charge on any atom is 0.330 e. The summed E-state index contributed by atoms with van der Waals surface area (Å²) in [6.45, 7) is 3.15. The minimum Gasteiger partial charge on any atom is -0.466 e. The Kier molecular flexibility index (Phi) is 6.56. The van der Waals surface area contributed by atoms with Gasteiger partial charge in [-0.15, -0.1) is 0 Å². The number of amides is 1. The SMILES string of the molecule is COC(=O)/C=C/CCNC(=O)c1cccnc1N1CCOCC1. The predicted octanol–water partition coefficient (Wildman–Crippen LogP) is 0.767. The monoisotopic (exact) mass is 319 g/mol. The van der Waals surface area contributed by atoms with Crippen LogP contribution in [-0.4, -0.2) is 56.8 Å². The van der Waals surface area contributed by atoms with E-state index in [0.717, 1.165) is 13.1 Å². The molecule has 1 aromatic heterocycles. The third-order valence-corrected chi connectivity index (χ3v) is 3.39. The average molecular weight is 319 g/mol. The molecule has 0 aliphatic carbocycles. The van der Waals surface area contributed by atoms with Gasteiger partial charge in [0.25, 0.3) is 5.91 Å². The van der Waals surface area contributed by atoms with E-state index in [9.17, 15) is 9.59 Å². The van der Waals surface area contributed by atoms with Crippen LogP contribution in [0.4, 0.5) is 5.82 Å². The summed E-state index contributed by atoms with van der Waals surface area (Å²) in [6.07, 6.45) is 5.24. The fourth-order valence-corrected chi connectivity index (χ4v) is 2.21. The zero-order valence-corrected chi connectivity index (χ0v) is 13.2. The second-order valence-electron chi connectivity index (χ2n) is 4.94. The summed E-state index contributed by atoms with van der Waals surface area (Å²) in [5.41, 5.74) is 0.548. The van der Waals surface area contributed by atoms with Crippen molar-refractivity contribution in [1.82, 2.24) is 10.3 Å². The van der Waals surface area contributed by atoms with Crippen LogP contribution >= 0.6 is 0 Å². The lowest BCUT2D eigenvalue weighted by Crippen LogP contribution is -2.38. The number of pyridine rings is 1. The van der Waals surface area contributed by atoms with Crippen LogP contribution < -0.4 is 10.2 Å². The second kappa shape index (κ2) is 8.89. The summed E-state index contributed by atoms with van der Waals surface area (Å²) in [6, 6.07) is 3.51. The van der Waals surface area contributed by atoms with Gasteiger partial charge in [-0.25, -0.2) is 9.78 Å². The molecule has 23 heavy (non-hydrogen) atoms. The Labute approximate surface area is 135 Å². The number of rotatable bonds is 6. The molecule has 0 aromatic carbocycles. The van der Waals surface area contributed by atoms with Gasteiger partial charge >= 0.3 is 5.97 Å². The molecule has 1 fully saturated rings. The molecule has 1 amide bonds. The molecule has 0 unspecified atom stereocenters. The molecule has 2 heterocycles. The van der Waals surface area contributed by atoms with Crippen LogP contribution in [0.2, 0.25) is 0 Å². The zero-order chi connectivity index (χ0) is 16.5. The number of nitrogens with one attached hydrogen (secondary N) is 1. The molecule has 0 atom stereocenters. The summed E-state index contributed by atoms with van der Waals surface area (Å²) in [7, 11) is 1.32. The van der Waals surface area contributed by atoms with E-state index < -0.39 is 5.97 Å². The lowest BCUT2D eigenvalue weighted by molar-refractivity contribution is -0.134. The maximum absolute atomic E-state index is 12.3. The van der Waals surface area contributed by atoms with E-state index in [-0.39, 0.29) is 5.91 Å². The number of carbonyl (C=O) groups is 2. The van der Waals surface area contributed by atoms with Crippen molar-refractivity contribution in [2.45, 2.75) is 6.42 Å². The molecule has 124 valence electrons. The molecule has 1 aliphatic rings. The van der Waals surface area contributed by atoms with Crippen molar-refractivity contribution >= 4 is 17.7 Å². The molecule has 0 saturated carbocycles. The van der Waals surface area contributed by atoms with Gasteiger partial charge in [0.05, 0.1) is 25.9 Å². The zero-order valence-electron chi connectivity index (χ0n) is 13.2. The smallest absolute Gasteiger partial charge is 0.330 e. The molecular weight excluding hydrogens is 298 g/mol. The molecule has 1 saturated heterocycles. The van der Waals surface area contributed by atoms with E-state index in [1.54, 1.807) is 24.4 Å². The molecule has 1 N–H and O–H groups in total. The van der Waals surface area contributed by atoms with Gasteiger partial charge in [-0.1, -0.05) is 6.08 Å². The summed E-state index contributed by atoms with van der Waals surface area (Å²) < 4.78 is 9.82. The van der Waals surface area contributed by atoms with E-state index in [4.69, 9.17) is 4.74 Å². The first-order chi connectivity index (χ1) is 11.2. The van der Waals surface area contributed by atoms with Gasteiger partial charge in [0, 0.05) is 31.9 Å². The van der Waals surface area contributed by atoms with Crippen LogP contribution in [0.25, 0.3) is 0 Å². The first kappa shape index (κ1) is 17.0. The number of hydrogen-bond acceptors (Lipinski definition) is 6. The number of ether oxygens (including phenoxy) is 2. The van der Waals surface area contributed by atoms with Crippen molar-refractivity contribution in [3.63, 3.8) is 0 Å². The third-order valence-electron chi connectivity index (χ3n) is 3.39. The molecule has 1 aromatic rings. The Balaban J connectivity index is 1.91. The molecule has 0 bridgehead atoms. The van der Waals surface area contributed by atoms with E-state index in [0.29, 0.717) is 37.6 Å². The maximum atomic E-state index is 12.3. The van der Waals surface area contributed by atoms with Crippen molar-refractivity contribution < 1.29 is 19.1 Å². The molecular formula is C16H21N3O4. The van der Waals surface area contributed by atoms with Gasteiger partial charge in [-0.2, -0.15) is 0 Å². The van der Waals surface area contributed by atoms with Crippen LogP contribution in [0.5, 0.6) is 0 Å². The lowest BCUT2D eigenvalue weighted by Gasteiger charge is -2.29. The minimum absolute atomic E-state index is 0.175. The van der Waals surface area contributed by atoms with Gasteiger partial charge in [-0.05, 0) is 18.6 Å². The Morgan fingerprint density at radius 3 is 2.96 bits per heavy atom.